The van der Waals surface area contributed by atoms with Crippen molar-refractivity contribution < 1.29 is 0 Å². The van der Waals surface area contributed by atoms with Crippen LogP contribution in [-0.2, 0) is 6.54 Å². The smallest absolute Gasteiger partial charge is 0.110 e. The molecule has 0 aliphatic carbocycles. The van der Waals surface area contributed by atoms with Crippen molar-refractivity contribution in [3.63, 3.8) is 0 Å². The summed E-state index contributed by atoms with van der Waals surface area (Å²) in [5.74, 6) is 0. The highest BCUT2D eigenvalue weighted by Gasteiger charge is 2.39. The summed E-state index contributed by atoms with van der Waals surface area (Å²) in [6.07, 6.45) is 0.293. The Bertz CT molecular complexity index is 869. The van der Waals surface area contributed by atoms with Gasteiger partial charge >= 0.3 is 0 Å². The van der Waals surface area contributed by atoms with Crippen molar-refractivity contribution in [3.05, 3.63) is 94.5 Å². The van der Waals surface area contributed by atoms with Crippen LogP contribution >= 0.6 is 11.6 Å². The van der Waals surface area contributed by atoms with Crippen LogP contribution in [0.2, 0.25) is 5.02 Å². The molecule has 2 aliphatic rings. The molecule has 0 spiro atoms. The Kier molecular flexibility index (Phi) is 3.44. The molecule has 4 heteroatoms. The minimum Gasteiger partial charge on any atom is -0.365 e. The molecule has 5 rings (SSSR count). The van der Waals surface area contributed by atoms with E-state index in [1.807, 2.05) is 12.1 Å². The molecule has 0 aromatic heterocycles. The average Bonchev–Trinajstić information content (AvgIpc) is 2.64. The summed E-state index contributed by atoms with van der Waals surface area (Å²) < 4.78 is 0. The molecule has 3 nitrogen and oxygen atoms in total. The van der Waals surface area contributed by atoms with Crippen LogP contribution in [0.4, 0.5) is 11.4 Å². The summed E-state index contributed by atoms with van der Waals surface area (Å²) in [4.78, 5) is 2.47. The van der Waals surface area contributed by atoms with Crippen molar-refractivity contribution in [2.24, 2.45) is 0 Å². The van der Waals surface area contributed by atoms with E-state index in [0.29, 0.717) is 0 Å². The number of anilines is 2. The maximum atomic E-state index is 6.05. The number of hydrogen-bond acceptors (Lipinski definition) is 3. The quantitative estimate of drug-likeness (QED) is 0.650. The molecule has 124 valence electrons. The number of para-hydroxylation sites is 2. The summed E-state index contributed by atoms with van der Waals surface area (Å²) in [6, 6.07) is 25.2. The average molecular weight is 348 g/mol. The van der Waals surface area contributed by atoms with Crippen LogP contribution in [0.25, 0.3) is 0 Å². The van der Waals surface area contributed by atoms with E-state index < -0.39 is 0 Å². The van der Waals surface area contributed by atoms with Crippen molar-refractivity contribution in [2.75, 3.05) is 10.6 Å². The van der Waals surface area contributed by atoms with E-state index >= 15 is 0 Å². The van der Waals surface area contributed by atoms with Crippen molar-refractivity contribution in [2.45, 2.75) is 18.9 Å². The fourth-order valence-electron chi connectivity index (χ4n) is 3.84. The molecular weight excluding hydrogens is 330 g/mol. The first-order valence-electron chi connectivity index (χ1n) is 8.51. The van der Waals surface area contributed by atoms with Crippen molar-refractivity contribution in [1.82, 2.24) is 4.90 Å². The zero-order valence-corrected chi connectivity index (χ0v) is 14.4. The lowest BCUT2D eigenvalue weighted by Gasteiger charge is -2.49. The van der Waals surface area contributed by atoms with Gasteiger partial charge in [0.2, 0.25) is 0 Å². The SMILES string of the molecule is Clc1ccc(CN2[C@H]3Nc4ccccc4[C@@H]2Nc2ccccc23)cc1. The van der Waals surface area contributed by atoms with E-state index in [-0.39, 0.29) is 12.3 Å². The fraction of sp³-hybridized carbons (Fsp3) is 0.143. The molecule has 0 saturated carbocycles. The molecule has 2 bridgehead atoms. The van der Waals surface area contributed by atoms with E-state index in [4.69, 9.17) is 11.6 Å². The van der Waals surface area contributed by atoms with E-state index in [2.05, 4.69) is 76.2 Å². The standard InChI is InChI=1S/C21H18ClN3/c22-15-11-9-14(10-12-15)13-25-20-16-5-1-3-7-18(16)23-21(25)17-6-2-4-8-19(17)24-20/h1-12,20-21,23-24H,13H2/t20-,21-/m1/s1. The first-order valence-corrected chi connectivity index (χ1v) is 8.88. The molecule has 2 atom stereocenters. The van der Waals surface area contributed by atoms with Crippen LogP contribution in [0.3, 0.4) is 0 Å². The fourth-order valence-corrected chi connectivity index (χ4v) is 3.97. The molecule has 0 amide bonds. The van der Waals surface area contributed by atoms with Gasteiger partial charge in [-0.15, -0.1) is 0 Å². The molecule has 2 N–H and O–H groups in total. The Morgan fingerprint density at radius 2 is 1.24 bits per heavy atom. The summed E-state index contributed by atoms with van der Waals surface area (Å²) in [7, 11) is 0. The third-order valence-electron chi connectivity index (χ3n) is 5.04. The summed E-state index contributed by atoms with van der Waals surface area (Å²) >= 11 is 6.05. The monoisotopic (exact) mass is 347 g/mol. The predicted molar refractivity (Wildman–Crippen MR) is 103 cm³/mol. The number of benzene rings is 3. The van der Waals surface area contributed by atoms with Gasteiger partial charge in [0.25, 0.3) is 0 Å². The second-order valence-electron chi connectivity index (χ2n) is 6.57. The normalized spacial score (nSPS) is 20.8. The zero-order valence-electron chi connectivity index (χ0n) is 13.6. The summed E-state index contributed by atoms with van der Waals surface area (Å²) in [5.41, 5.74) is 6.21. The van der Waals surface area contributed by atoms with Crippen LogP contribution in [0.5, 0.6) is 0 Å². The minimum absolute atomic E-state index is 0.146. The van der Waals surface area contributed by atoms with Gasteiger partial charge in [0.05, 0.1) is 0 Å². The Labute approximate surface area is 152 Å². The Hall–Kier alpha value is -2.49. The topological polar surface area (TPSA) is 27.3 Å². The minimum atomic E-state index is 0.146. The number of rotatable bonds is 2. The van der Waals surface area contributed by atoms with E-state index in [1.165, 1.54) is 28.1 Å². The summed E-state index contributed by atoms with van der Waals surface area (Å²) in [6.45, 7) is 0.842. The Morgan fingerprint density at radius 1 is 0.720 bits per heavy atom. The maximum Gasteiger partial charge on any atom is 0.110 e. The van der Waals surface area contributed by atoms with Crippen LogP contribution in [0, 0.1) is 0 Å². The first-order chi connectivity index (χ1) is 12.3. The second kappa shape index (κ2) is 5.80. The maximum absolute atomic E-state index is 6.05. The Morgan fingerprint density at radius 3 is 1.80 bits per heavy atom. The molecule has 2 heterocycles. The number of halogens is 1. The van der Waals surface area contributed by atoms with E-state index in [0.717, 1.165) is 11.6 Å². The predicted octanol–water partition coefficient (Wildman–Crippen LogP) is 5.39. The van der Waals surface area contributed by atoms with Gasteiger partial charge in [-0.3, -0.25) is 4.90 Å². The van der Waals surface area contributed by atoms with Crippen molar-refractivity contribution >= 4 is 23.0 Å². The number of nitrogens with zero attached hydrogens (tertiary/aromatic N) is 1. The van der Waals surface area contributed by atoms with Gasteiger partial charge in [-0.25, -0.2) is 0 Å². The van der Waals surface area contributed by atoms with Crippen molar-refractivity contribution in [3.8, 4) is 0 Å². The van der Waals surface area contributed by atoms with Crippen LogP contribution in [0.1, 0.15) is 29.0 Å². The molecule has 3 aromatic carbocycles. The Balaban J connectivity index is 1.59. The molecular formula is C21H18ClN3. The molecule has 0 radical (unpaired) electrons. The summed E-state index contributed by atoms with van der Waals surface area (Å²) in [5, 5.41) is 8.22. The van der Waals surface area contributed by atoms with Gasteiger partial charge in [0.1, 0.15) is 12.3 Å². The molecule has 0 saturated heterocycles. The van der Waals surface area contributed by atoms with Gasteiger partial charge in [0, 0.05) is 34.1 Å². The van der Waals surface area contributed by atoms with Gasteiger partial charge in [-0.05, 0) is 29.8 Å². The highest BCUT2D eigenvalue weighted by atomic mass is 35.5. The lowest BCUT2D eigenvalue weighted by Crippen LogP contribution is -2.47. The zero-order chi connectivity index (χ0) is 16.8. The molecule has 2 aliphatic heterocycles. The first kappa shape index (κ1) is 14.8. The molecule has 0 fully saturated rings. The number of nitrogens with one attached hydrogen (secondary N) is 2. The van der Waals surface area contributed by atoms with Crippen LogP contribution < -0.4 is 10.6 Å². The second-order valence-corrected chi connectivity index (χ2v) is 7.00. The van der Waals surface area contributed by atoms with Gasteiger partial charge < -0.3 is 10.6 Å². The van der Waals surface area contributed by atoms with Gasteiger partial charge in [0.15, 0.2) is 0 Å². The molecule has 25 heavy (non-hydrogen) atoms. The highest BCUT2D eigenvalue weighted by Crippen LogP contribution is 2.47. The van der Waals surface area contributed by atoms with Gasteiger partial charge in [-0.2, -0.15) is 0 Å². The van der Waals surface area contributed by atoms with Crippen LogP contribution in [0.15, 0.2) is 72.8 Å². The molecule has 3 aromatic rings. The molecule has 0 unspecified atom stereocenters. The third-order valence-corrected chi connectivity index (χ3v) is 5.29. The van der Waals surface area contributed by atoms with Gasteiger partial charge in [-0.1, -0.05) is 60.1 Å². The largest absolute Gasteiger partial charge is 0.365 e. The van der Waals surface area contributed by atoms with E-state index in [9.17, 15) is 0 Å². The highest BCUT2D eigenvalue weighted by molar-refractivity contribution is 6.30. The lowest BCUT2D eigenvalue weighted by molar-refractivity contribution is 0.138. The van der Waals surface area contributed by atoms with Crippen molar-refractivity contribution in [1.29, 1.82) is 0 Å². The third kappa shape index (κ3) is 2.48. The number of hydrogen-bond donors (Lipinski definition) is 2. The van der Waals surface area contributed by atoms with E-state index in [1.54, 1.807) is 0 Å². The number of fused-ring (bicyclic) bond motifs is 6. The lowest BCUT2D eigenvalue weighted by atomic mass is 9.95. The van der Waals surface area contributed by atoms with Crippen LogP contribution in [-0.4, -0.2) is 4.90 Å².